The highest BCUT2D eigenvalue weighted by atomic mass is 35.5. The number of benzene rings is 1. The summed E-state index contributed by atoms with van der Waals surface area (Å²) in [5.41, 5.74) is 6.57. The Kier molecular flexibility index (Phi) is 2.58. The predicted molar refractivity (Wildman–Crippen MR) is 65.1 cm³/mol. The lowest BCUT2D eigenvalue weighted by Gasteiger charge is -2.25. The lowest BCUT2D eigenvalue weighted by atomic mass is 9.85. The Labute approximate surface area is 109 Å². The number of hydrogen-bond donors (Lipinski definition) is 1. The van der Waals surface area contributed by atoms with Crippen LogP contribution < -0.4 is 10.5 Å². The maximum Gasteiger partial charge on any atom is 0.387 e. The van der Waals surface area contributed by atoms with Crippen LogP contribution in [0.15, 0.2) is 18.2 Å². The van der Waals surface area contributed by atoms with Gasteiger partial charge in [0.2, 0.25) is 0 Å². The molecule has 0 radical (unpaired) electrons. The highest BCUT2D eigenvalue weighted by molar-refractivity contribution is 6.30. The number of hydrogen-bond acceptors (Lipinski definition) is 2. The lowest BCUT2D eigenvalue weighted by molar-refractivity contribution is -0.0508. The van der Waals surface area contributed by atoms with E-state index >= 15 is 0 Å². The number of rotatable bonds is 4. The van der Waals surface area contributed by atoms with Gasteiger partial charge < -0.3 is 10.5 Å². The smallest absolute Gasteiger partial charge is 0.387 e. The van der Waals surface area contributed by atoms with Crippen LogP contribution in [0.3, 0.4) is 0 Å². The molecule has 2 nitrogen and oxygen atoms in total. The fourth-order valence-electron chi connectivity index (χ4n) is 2.85. The molecule has 1 aromatic rings. The second-order valence-electron chi connectivity index (χ2n) is 5.26. The molecule has 1 aromatic carbocycles. The van der Waals surface area contributed by atoms with Crippen LogP contribution >= 0.6 is 11.6 Å². The third kappa shape index (κ3) is 1.79. The maximum absolute atomic E-state index is 12.4. The SMILES string of the molecule is NC1(C2(c3cc(Cl)ccc3OC(F)F)CC2)CC1. The molecule has 0 bridgehead atoms. The molecule has 0 amide bonds. The van der Waals surface area contributed by atoms with E-state index in [0.29, 0.717) is 5.02 Å². The van der Waals surface area contributed by atoms with Gasteiger partial charge in [-0.1, -0.05) is 11.6 Å². The first-order chi connectivity index (χ1) is 8.47. The van der Waals surface area contributed by atoms with Crippen molar-refractivity contribution in [3.05, 3.63) is 28.8 Å². The van der Waals surface area contributed by atoms with E-state index in [-0.39, 0.29) is 16.7 Å². The van der Waals surface area contributed by atoms with Crippen LogP contribution in [0.2, 0.25) is 5.02 Å². The van der Waals surface area contributed by atoms with Crippen LogP contribution in [-0.4, -0.2) is 12.2 Å². The van der Waals surface area contributed by atoms with Crippen molar-refractivity contribution in [2.75, 3.05) is 0 Å². The largest absolute Gasteiger partial charge is 0.435 e. The van der Waals surface area contributed by atoms with Gasteiger partial charge >= 0.3 is 6.61 Å². The fraction of sp³-hybridized carbons (Fsp3) is 0.538. The third-order valence-electron chi connectivity index (χ3n) is 4.16. The van der Waals surface area contributed by atoms with Crippen LogP contribution in [-0.2, 0) is 5.41 Å². The minimum Gasteiger partial charge on any atom is -0.435 e. The van der Waals surface area contributed by atoms with Gasteiger partial charge in [-0.25, -0.2) is 0 Å². The maximum atomic E-state index is 12.4. The Balaban J connectivity index is 2.02. The van der Waals surface area contributed by atoms with Crippen LogP contribution in [0.4, 0.5) is 8.78 Å². The molecule has 5 heteroatoms. The van der Waals surface area contributed by atoms with E-state index in [1.54, 1.807) is 12.1 Å². The second kappa shape index (κ2) is 3.81. The van der Waals surface area contributed by atoms with E-state index in [0.717, 1.165) is 31.2 Å². The molecule has 2 fully saturated rings. The lowest BCUT2D eigenvalue weighted by Crippen LogP contribution is -2.37. The van der Waals surface area contributed by atoms with Crippen molar-refractivity contribution in [2.24, 2.45) is 5.73 Å². The highest BCUT2D eigenvalue weighted by Crippen LogP contribution is 2.65. The Hall–Kier alpha value is -0.870. The fourth-order valence-corrected chi connectivity index (χ4v) is 3.02. The van der Waals surface area contributed by atoms with Crippen molar-refractivity contribution < 1.29 is 13.5 Å². The molecular weight excluding hydrogens is 260 g/mol. The predicted octanol–water partition coefficient (Wildman–Crippen LogP) is 3.46. The number of alkyl halides is 2. The van der Waals surface area contributed by atoms with E-state index < -0.39 is 6.61 Å². The Bertz CT molecular complexity index is 484. The summed E-state index contributed by atoms with van der Waals surface area (Å²) in [4.78, 5) is 0. The van der Waals surface area contributed by atoms with E-state index in [2.05, 4.69) is 4.74 Å². The minimum atomic E-state index is -2.83. The normalized spacial score (nSPS) is 22.9. The molecular formula is C13H14ClF2NO. The van der Waals surface area contributed by atoms with Crippen molar-refractivity contribution in [2.45, 2.75) is 43.2 Å². The van der Waals surface area contributed by atoms with Gasteiger partial charge in [-0.15, -0.1) is 0 Å². The monoisotopic (exact) mass is 273 g/mol. The molecule has 0 spiro atoms. The quantitative estimate of drug-likeness (QED) is 0.912. The molecule has 0 heterocycles. The van der Waals surface area contributed by atoms with Gasteiger partial charge in [-0.2, -0.15) is 8.78 Å². The summed E-state index contributed by atoms with van der Waals surface area (Å²) in [5, 5.41) is 0.530. The van der Waals surface area contributed by atoms with E-state index in [1.165, 1.54) is 6.07 Å². The summed E-state index contributed by atoms with van der Waals surface area (Å²) in [6.45, 7) is -2.83. The number of nitrogens with two attached hydrogens (primary N) is 1. The highest BCUT2D eigenvalue weighted by Gasteiger charge is 2.65. The first-order valence-electron chi connectivity index (χ1n) is 6.01. The molecule has 98 valence electrons. The van der Waals surface area contributed by atoms with Gasteiger partial charge in [-0.05, 0) is 43.9 Å². The first-order valence-corrected chi connectivity index (χ1v) is 6.38. The van der Waals surface area contributed by atoms with Crippen LogP contribution in [0, 0.1) is 0 Å². The standard InChI is InChI=1S/C13H14ClF2NO/c14-8-1-2-10(18-11(15)16)9(7-8)12(3-4-12)13(17)5-6-13/h1-2,7,11H,3-6,17H2. The van der Waals surface area contributed by atoms with Crippen LogP contribution in [0.25, 0.3) is 0 Å². The zero-order chi connectivity index (χ0) is 13.0. The summed E-state index contributed by atoms with van der Waals surface area (Å²) in [7, 11) is 0. The molecule has 0 unspecified atom stereocenters. The summed E-state index contributed by atoms with van der Waals surface area (Å²) in [6.07, 6.45) is 3.72. The Morgan fingerprint density at radius 2 is 1.89 bits per heavy atom. The van der Waals surface area contributed by atoms with Gasteiger partial charge in [-0.3, -0.25) is 0 Å². The summed E-state index contributed by atoms with van der Waals surface area (Å²) in [6, 6.07) is 4.80. The van der Waals surface area contributed by atoms with Crippen molar-refractivity contribution in [1.29, 1.82) is 0 Å². The van der Waals surface area contributed by atoms with Gasteiger partial charge in [0.05, 0.1) is 0 Å². The zero-order valence-corrected chi connectivity index (χ0v) is 10.5. The average Bonchev–Trinajstić information content (AvgIpc) is 3.15. The summed E-state index contributed by atoms with van der Waals surface area (Å²) < 4.78 is 29.5. The number of ether oxygens (including phenoxy) is 1. The van der Waals surface area contributed by atoms with E-state index in [1.807, 2.05) is 0 Å². The van der Waals surface area contributed by atoms with Crippen molar-refractivity contribution in [1.82, 2.24) is 0 Å². The van der Waals surface area contributed by atoms with Crippen molar-refractivity contribution >= 4 is 11.6 Å². The van der Waals surface area contributed by atoms with Gasteiger partial charge in [0.15, 0.2) is 0 Å². The van der Waals surface area contributed by atoms with Gasteiger partial charge in [0, 0.05) is 21.5 Å². The minimum absolute atomic E-state index is 0.206. The van der Waals surface area contributed by atoms with E-state index in [9.17, 15) is 8.78 Å². The third-order valence-corrected chi connectivity index (χ3v) is 4.40. The number of halogens is 3. The molecule has 0 saturated heterocycles. The molecule has 0 aliphatic heterocycles. The zero-order valence-electron chi connectivity index (χ0n) is 9.76. The molecule has 18 heavy (non-hydrogen) atoms. The molecule has 2 aliphatic carbocycles. The molecule has 2 aliphatic rings. The van der Waals surface area contributed by atoms with Gasteiger partial charge in [0.1, 0.15) is 5.75 Å². The average molecular weight is 274 g/mol. The molecule has 0 aromatic heterocycles. The van der Waals surface area contributed by atoms with Crippen LogP contribution in [0.1, 0.15) is 31.2 Å². The molecule has 2 N–H and O–H groups in total. The molecule has 2 saturated carbocycles. The summed E-state index contributed by atoms with van der Waals surface area (Å²) in [5.74, 6) is 0.212. The van der Waals surface area contributed by atoms with Crippen molar-refractivity contribution in [3.8, 4) is 5.75 Å². The molecule has 3 rings (SSSR count). The second-order valence-corrected chi connectivity index (χ2v) is 5.69. The Morgan fingerprint density at radius 3 is 2.39 bits per heavy atom. The Morgan fingerprint density at radius 1 is 1.22 bits per heavy atom. The van der Waals surface area contributed by atoms with Crippen molar-refractivity contribution in [3.63, 3.8) is 0 Å². The van der Waals surface area contributed by atoms with E-state index in [4.69, 9.17) is 17.3 Å². The first kappa shape index (κ1) is 12.2. The van der Waals surface area contributed by atoms with Crippen LogP contribution in [0.5, 0.6) is 5.75 Å². The molecule has 0 atom stereocenters. The van der Waals surface area contributed by atoms with Gasteiger partial charge in [0.25, 0.3) is 0 Å². The topological polar surface area (TPSA) is 35.2 Å². The summed E-state index contributed by atoms with van der Waals surface area (Å²) >= 11 is 5.97.